The zero-order chi connectivity index (χ0) is 34.5. The number of aliphatic hydroxyl groups excluding tert-OH is 2. The van der Waals surface area contributed by atoms with E-state index in [0.29, 0.717) is 51.5 Å². The van der Waals surface area contributed by atoms with Crippen LogP contribution in [0.3, 0.4) is 0 Å². The zero-order valence-corrected chi connectivity index (χ0v) is 29.6. The van der Waals surface area contributed by atoms with E-state index in [0.717, 1.165) is 48.4 Å². The molecule has 10 nitrogen and oxygen atoms in total. The van der Waals surface area contributed by atoms with Gasteiger partial charge in [0.1, 0.15) is 12.1 Å². The number of hydrogen-bond acceptors (Lipinski definition) is 8. The first-order valence-corrected chi connectivity index (χ1v) is 19.9. The fourth-order valence-corrected chi connectivity index (χ4v) is 8.25. The molecular weight excluding hydrogens is 630 g/mol. The number of sulfone groups is 1. The average Bonchev–Trinajstić information content (AvgIpc) is 3.10. The lowest BCUT2D eigenvalue weighted by Gasteiger charge is -2.35. The molecule has 2 aromatic rings. The Kier molecular flexibility index (Phi) is 15.1. The maximum Gasteiger partial charge on any atom is 0.242 e. The number of benzene rings is 2. The first kappa shape index (κ1) is 38.2. The van der Waals surface area contributed by atoms with Crippen molar-refractivity contribution >= 4 is 32.4 Å². The van der Waals surface area contributed by atoms with Crippen LogP contribution >= 0.6 is 0 Å². The third-order valence-corrected chi connectivity index (χ3v) is 11.9. The highest BCUT2D eigenvalue weighted by atomic mass is 32.2. The number of nitrogens with zero attached hydrogens (tertiary/aromatic N) is 1. The second-order valence-corrected chi connectivity index (χ2v) is 16.2. The molecule has 4 N–H and O–H groups in total. The zero-order valence-electron chi connectivity index (χ0n) is 28.8. The number of carbonyl (C=O) groups excluding carboxylic acids is 2. The topological polar surface area (TPSA) is 145 Å². The monoisotopic (exact) mass is 687 g/mol. The van der Waals surface area contributed by atoms with E-state index < -0.39 is 51.9 Å². The fraction of sp³-hybridized carbons (Fsp3) is 0.676. The highest BCUT2D eigenvalue weighted by Crippen LogP contribution is 2.29. The van der Waals surface area contributed by atoms with Crippen molar-refractivity contribution in [3.8, 4) is 0 Å². The van der Waals surface area contributed by atoms with E-state index in [4.69, 9.17) is 4.74 Å². The van der Waals surface area contributed by atoms with Crippen LogP contribution in [-0.2, 0) is 30.6 Å². The predicted molar refractivity (Wildman–Crippen MR) is 189 cm³/mol. The van der Waals surface area contributed by atoms with Gasteiger partial charge in [-0.3, -0.25) is 14.5 Å². The van der Waals surface area contributed by atoms with Crippen molar-refractivity contribution in [2.75, 3.05) is 44.4 Å². The highest BCUT2D eigenvalue weighted by Gasteiger charge is 2.35. The van der Waals surface area contributed by atoms with E-state index in [9.17, 15) is 28.2 Å². The third-order valence-electron chi connectivity index (χ3n) is 10.1. The number of aliphatic hydroxyl groups is 2. The highest BCUT2D eigenvalue weighted by molar-refractivity contribution is 7.91. The minimum absolute atomic E-state index is 0.0837. The van der Waals surface area contributed by atoms with E-state index in [1.54, 1.807) is 6.92 Å². The molecule has 2 aromatic carbocycles. The lowest BCUT2D eigenvalue weighted by atomic mass is 9.83. The molecule has 0 radical (unpaired) electrons. The van der Waals surface area contributed by atoms with Crippen LogP contribution in [0.2, 0.25) is 0 Å². The molecule has 4 rings (SSSR count). The molecule has 0 unspecified atom stereocenters. The molecule has 0 aromatic heterocycles. The molecule has 11 heteroatoms. The number of amides is 2. The smallest absolute Gasteiger partial charge is 0.242 e. The number of fused-ring (bicyclic) bond motifs is 1. The Balaban J connectivity index is 1.53. The normalized spacial score (nSPS) is 19.7. The van der Waals surface area contributed by atoms with E-state index >= 15 is 0 Å². The number of unbranched alkanes of at least 4 members (excludes halogenated alkanes) is 1. The molecule has 2 amide bonds. The van der Waals surface area contributed by atoms with Gasteiger partial charge in [-0.2, -0.15) is 0 Å². The van der Waals surface area contributed by atoms with Crippen molar-refractivity contribution in [2.24, 2.45) is 11.8 Å². The second kappa shape index (κ2) is 19.0. The van der Waals surface area contributed by atoms with Crippen molar-refractivity contribution in [3.05, 3.63) is 48.0 Å². The molecule has 5 atom stereocenters. The SMILES string of the molecule is CCCC[C@H](NC(=O)[C@H](Cc1cccc2ccccc12)CS(=O)(=O)CC)C(=O)N[C@@H](CC1CCCCC1)[C@@H](O)[C@@H](O)CN1CCOCC1. The maximum atomic E-state index is 14.0. The van der Waals surface area contributed by atoms with Crippen LogP contribution in [-0.4, -0.2) is 104 Å². The molecule has 2 fully saturated rings. The molecule has 1 saturated heterocycles. The largest absolute Gasteiger partial charge is 0.389 e. The summed E-state index contributed by atoms with van der Waals surface area (Å²) >= 11 is 0. The van der Waals surface area contributed by atoms with Crippen molar-refractivity contribution in [1.82, 2.24) is 15.5 Å². The van der Waals surface area contributed by atoms with Crippen molar-refractivity contribution in [3.63, 3.8) is 0 Å². The average molecular weight is 688 g/mol. The van der Waals surface area contributed by atoms with Crippen LogP contribution < -0.4 is 10.6 Å². The van der Waals surface area contributed by atoms with Crippen LogP contribution in [0.5, 0.6) is 0 Å². The van der Waals surface area contributed by atoms with Crippen LogP contribution in [0.15, 0.2) is 42.5 Å². The summed E-state index contributed by atoms with van der Waals surface area (Å²) in [5.74, 6) is -1.87. The Morgan fingerprint density at radius 3 is 2.38 bits per heavy atom. The summed E-state index contributed by atoms with van der Waals surface area (Å²) in [5.41, 5.74) is 0.874. The maximum absolute atomic E-state index is 14.0. The van der Waals surface area contributed by atoms with E-state index in [2.05, 4.69) is 15.5 Å². The molecule has 48 heavy (non-hydrogen) atoms. The van der Waals surface area contributed by atoms with Gasteiger partial charge in [-0.1, -0.05) is 101 Å². The minimum atomic E-state index is -3.51. The molecule has 1 aliphatic heterocycles. The summed E-state index contributed by atoms with van der Waals surface area (Å²) in [7, 11) is -3.51. The van der Waals surface area contributed by atoms with Gasteiger partial charge in [0.05, 0.1) is 37.0 Å². The lowest BCUT2D eigenvalue weighted by molar-refractivity contribution is -0.132. The summed E-state index contributed by atoms with van der Waals surface area (Å²) in [5, 5.41) is 30.5. The number of carbonyl (C=O) groups is 2. The van der Waals surface area contributed by atoms with Crippen LogP contribution in [0.25, 0.3) is 10.8 Å². The second-order valence-electron chi connectivity index (χ2n) is 13.8. The summed E-state index contributed by atoms with van der Waals surface area (Å²) in [6.07, 6.45) is 5.76. The van der Waals surface area contributed by atoms with Gasteiger partial charge >= 0.3 is 0 Å². The lowest BCUT2D eigenvalue weighted by Crippen LogP contribution is -2.57. The van der Waals surface area contributed by atoms with Gasteiger partial charge in [0.25, 0.3) is 0 Å². The third kappa shape index (κ3) is 11.5. The molecule has 2 aliphatic rings. The van der Waals surface area contributed by atoms with Crippen molar-refractivity contribution in [2.45, 2.75) is 102 Å². The Bertz CT molecular complexity index is 1400. The van der Waals surface area contributed by atoms with Gasteiger partial charge < -0.3 is 25.6 Å². The van der Waals surface area contributed by atoms with Gasteiger partial charge in [0.2, 0.25) is 11.8 Å². The Morgan fingerprint density at radius 1 is 0.958 bits per heavy atom. The summed E-state index contributed by atoms with van der Waals surface area (Å²) < 4.78 is 31.1. The van der Waals surface area contributed by atoms with Crippen LogP contribution in [0.4, 0.5) is 0 Å². The quantitative estimate of drug-likeness (QED) is 0.186. The van der Waals surface area contributed by atoms with Crippen LogP contribution in [0, 0.1) is 11.8 Å². The Hall–Kier alpha value is -2.57. The van der Waals surface area contributed by atoms with E-state index in [1.165, 1.54) is 6.42 Å². The minimum Gasteiger partial charge on any atom is -0.389 e. The summed E-state index contributed by atoms with van der Waals surface area (Å²) in [6, 6.07) is 12.0. The number of rotatable bonds is 18. The van der Waals surface area contributed by atoms with Gasteiger partial charge in [-0.05, 0) is 41.5 Å². The van der Waals surface area contributed by atoms with Gasteiger partial charge in [0.15, 0.2) is 9.84 Å². The number of ether oxygens (including phenoxy) is 1. The molecule has 1 heterocycles. The molecule has 1 saturated carbocycles. The van der Waals surface area contributed by atoms with Gasteiger partial charge in [-0.15, -0.1) is 0 Å². The summed E-state index contributed by atoms with van der Waals surface area (Å²) in [4.78, 5) is 30.0. The molecule has 0 spiro atoms. The number of β-amino-alcohol motifs (C(OH)–C–C–N with tert-alkyl or cyclic N) is 1. The van der Waals surface area contributed by atoms with Crippen LogP contribution in [0.1, 0.15) is 77.2 Å². The number of hydrogen-bond donors (Lipinski definition) is 4. The van der Waals surface area contributed by atoms with Gasteiger partial charge in [0, 0.05) is 25.4 Å². The Morgan fingerprint density at radius 2 is 1.67 bits per heavy atom. The van der Waals surface area contributed by atoms with E-state index in [1.807, 2.05) is 49.4 Å². The van der Waals surface area contributed by atoms with E-state index in [-0.39, 0.29) is 24.5 Å². The predicted octanol–water partition coefficient (Wildman–Crippen LogP) is 3.62. The fourth-order valence-electron chi connectivity index (χ4n) is 7.13. The van der Waals surface area contributed by atoms with Crippen molar-refractivity contribution < 1.29 is 33.0 Å². The molecule has 0 bridgehead atoms. The van der Waals surface area contributed by atoms with Gasteiger partial charge in [-0.25, -0.2) is 8.42 Å². The molecular formula is C37H57N3O7S. The summed E-state index contributed by atoms with van der Waals surface area (Å²) in [6.45, 7) is 6.34. The molecule has 1 aliphatic carbocycles. The van der Waals surface area contributed by atoms with Crippen molar-refractivity contribution in [1.29, 1.82) is 0 Å². The number of nitrogens with one attached hydrogen (secondary N) is 2. The standard InChI is InChI=1S/C37H57N3O7S/c1-3-5-18-32(38-36(43)30(26-48(45,46)4-2)24-29-16-11-15-28-14-9-10-17-31(28)29)37(44)39-33(23-27-12-7-6-8-13-27)35(42)34(41)25-40-19-21-47-22-20-40/h9-11,14-17,27,30,32-35,41-42H,3-8,12-13,18-26H2,1-2H3,(H,38,43)(H,39,44)/t30-,32+,33+,34+,35-/m1/s1. The number of morpholine rings is 1. The Labute approximate surface area is 286 Å². The first-order chi connectivity index (χ1) is 23.1. The first-order valence-electron chi connectivity index (χ1n) is 18.0. The molecule has 268 valence electrons.